The van der Waals surface area contributed by atoms with E-state index in [1.807, 2.05) is 0 Å². The number of phenolic OH excluding ortho intramolecular Hbond substituents is 1. The maximum Gasteiger partial charge on any atom is 0.337 e. The maximum absolute atomic E-state index is 11.9. The van der Waals surface area contributed by atoms with Crippen molar-refractivity contribution in [1.29, 1.82) is 0 Å². The van der Waals surface area contributed by atoms with E-state index < -0.39 is 23.4 Å². The van der Waals surface area contributed by atoms with E-state index in [9.17, 15) is 24.3 Å². The summed E-state index contributed by atoms with van der Waals surface area (Å²) in [6.45, 7) is 0. The highest BCUT2D eigenvalue weighted by molar-refractivity contribution is 6.01. The first kappa shape index (κ1) is 14.8. The highest BCUT2D eigenvalue weighted by Crippen LogP contribution is 2.22. The quantitative estimate of drug-likeness (QED) is 0.653. The number of hydrogen-bond donors (Lipinski definition) is 1. The van der Waals surface area contributed by atoms with Gasteiger partial charge < -0.3 is 14.4 Å². The second kappa shape index (κ2) is 5.56. The van der Waals surface area contributed by atoms with E-state index in [4.69, 9.17) is 9.25 Å². The molecule has 0 unspecified atom stereocenters. The van der Waals surface area contributed by atoms with Gasteiger partial charge in [-0.05, 0) is 17.7 Å². The molecule has 1 saturated heterocycles. The third-order valence-corrected chi connectivity index (χ3v) is 3.35. The number of hydrogen-bond acceptors (Lipinski definition) is 7. The van der Waals surface area contributed by atoms with Gasteiger partial charge in [0.15, 0.2) is 0 Å². The van der Waals surface area contributed by atoms with Crippen LogP contribution in [0, 0.1) is 0 Å². The molecule has 0 radical (unpaired) electrons. The predicted octanol–water partition coefficient (Wildman–Crippen LogP) is 0.648. The SMILES string of the molecule is O=C(Cc1cc(=O)oc2cc(O)ccc12)ON1C(=O)CCC1=O. The fourth-order valence-corrected chi connectivity index (χ4v) is 2.31. The minimum atomic E-state index is -0.853. The van der Waals surface area contributed by atoms with Crippen molar-refractivity contribution in [2.45, 2.75) is 19.3 Å². The third-order valence-electron chi connectivity index (χ3n) is 3.35. The predicted molar refractivity (Wildman–Crippen MR) is 75.0 cm³/mol. The molecule has 3 rings (SSSR count). The summed E-state index contributed by atoms with van der Waals surface area (Å²) in [5, 5.41) is 10.3. The Balaban J connectivity index is 1.86. The average Bonchev–Trinajstić information content (AvgIpc) is 2.78. The first-order chi connectivity index (χ1) is 10.9. The van der Waals surface area contributed by atoms with Crippen LogP contribution in [-0.4, -0.2) is 28.0 Å². The van der Waals surface area contributed by atoms with Crippen molar-refractivity contribution < 1.29 is 28.7 Å². The Morgan fingerprint density at radius 2 is 1.87 bits per heavy atom. The molecule has 0 spiro atoms. The third kappa shape index (κ3) is 2.91. The van der Waals surface area contributed by atoms with Crippen molar-refractivity contribution in [2.75, 3.05) is 0 Å². The lowest BCUT2D eigenvalue weighted by Crippen LogP contribution is -2.32. The average molecular weight is 317 g/mol. The van der Waals surface area contributed by atoms with Gasteiger partial charge in [0.2, 0.25) is 0 Å². The van der Waals surface area contributed by atoms with Gasteiger partial charge in [-0.3, -0.25) is 9.59 Å². The number of amides is 2. The number of carbonyl (C=O) groups excluding carboxylic acids is 3. The summed E-state index contributed by atoms with van der Waals surface area (Å²) in [4.78, 5) is 51.0. The van der Waals surface area contributed by atoms with Crippen molar-refractivity contribution in [2.24, 2.45) is 0 Å². The zero-order valence-corrected chi connectivity index (χ0v) is 11.8. The summed E-state index contributed by atoms with van der Waals surface area (Å²) in [6.07, 6.45) is -0.323. The summed E-state index contributed by atoms with van der Waals surface area (Å²) in [5.41, 5.74) is -0.270. The van der Waals surface area contributed by atoms with Gasteiger partial charge in [-0.25, -0.2) is 9.59 Å². The minimum absolute atomic E-state index is 0.00322. The van der Waals surface area contributed by atoms with E-state index in [2.05, 4.69) is 0 Å². The molecule has 2 aromatic rings. The first-order valence-corrected chi connectivity index (χ1v) is 6.76. The standard InChI is InChI=1S/C15H11NO7/c17-9-1-2-10-8(5-14(20)22-11(10)7-9)6-15(21)23-16-12(18)3-4-13(16)19/h1-2,5,7,17H,3-4,6H2. The van der Waals surface area contributed by atoms with Crippen LogP contribution in [0.3, 0.4) is 0 Å². The minimum Gasteiger partial charge on any atom is -0.508 e. The van der Waals surface area contributed by atoms with Crippen LogP contribution in [0.15, 0.2) is 33.5 Å². The number of nitrogens with zero attached hydrogens (tertiary/aromatic N) is 1. The van der Waals surface area contributed by atoms with E-state index >= 15 is 0 Å². The molecular weight excluding hydrogens is 306 g/mol. The molecule has 0 aliphatic carbocycles. The molecular formula is C15H11NO7. The number of carbonyl (C=O) groups is 3. The zero-order chi connectivity index (χ0) is 16.6. The van der Waals surface area contributed by atoms with Crippen LogP contribution in [0.1, 0.15) is 18.4 Å². The molecule has 118 valence electrons. The Bertz CT molecular complexity index is 867. The monoisotopic (exact) mass is 317 g/mol. The molecule has 2 heterocycles. The molecule has 2 amide bonds. The van der Waals surface area contributed by atoms with Gasteiger partial charge in [0, 0.05) is 30.4 Å². The molecule has 8 heteroatoms. The van der Waals surface area contributed by atoms with E-state index in [1.54, 1.807) is 0 Å². The molecule has 8 nitrogen and oxygen atoms in total. The maximum atomic E-state index is 11.9. The van der Waals surface area contributed by atoms with Crippen LogP contribution >= 0.6 is 0 Å². The fourth-order valence-electron chi connectivity index (χ4n) is 2.31. The summed E-state index contributed by atoms with van der Waals surface area (Å²) in [6, 6.07) is 5.24. The van der Waals surface area contributed by atoms with Crippen molar-refractivity contribution in [3.05, 3.63) is 40.2 Å². The summed E-state index contributed by atoms with van der Waals surface area (Å²) >= 11 is 0. The number of benzene rings is 1. The molecule has 1 aliphatic heterocycles. The van der Waals surface area contributed by atoms with Gasteiger partial charge in [0.1, 0.15) is 11.3 Å². The van der Waals surface area contributed by atoms with E-state index in [1.165, 1.54) is 18.2 Å². The number of aromatic hydroxyl groups is 1. The molecule has 1 fully saturated rings. The lowest BCUT2D eigenvalue weighted by molar-refractivity contribution is -0.197. The van der Waals surface area contributed by atoms with Crippen molar-refractivity contribution in [3.63, 3.8) is 0 Å². The Morgan fingerprint density at radius 1 is 1.17 bits per heavy atom. The van der Waals surface area contributed by atoms with Crippen molar-refractivity contribution in [3.8, 4) is 5.75 Å². The highest BCUT2D eigenvalue weighted by Gasteiger charge is 2.32. The zero-order valence-electron chi connectivity index (χ0n) is 11.8. The lowest BCUT2D eigenvalue weighted by Gasteiger charge is -2.12. The van der Waals surface area contributed by atoms with Crippen LogP contribution in [-0.2, 0) is 25.6 Å². The molecule has 0 saturated carbocycles. The highest BCUT2D eigenvalue weighted by atomic mass is 16.7. The Labute approximate surface area is 128 Å². The molecule has 1 aromatic carbocycles. The van der Waals surface area contributed by atoms with Gasteiger partial charge in [-0.2, -0.15) is 0 Å². The molecule has 0 atom stereocenters. The normalized spacial score (nSPS) is 14.5. The van der Waals surface area contributed by atoms with Crippen LogP contribution < -0.4 is 5.63 Å². The number of hydroxylamine groups is 2. The summed E-state index contributed by atoms with van der Waals surface area (Å²) in [5.74, 6) is -2.10. The smallest absolute Gasteiger partial charge is 0.337 e. The largest absolute Gasteiger partial charge is 0.508 e. The number of phenols is 1. The number of rotatable bonds is 3. The fraction of sp³-hybridized carbons (Fsp3) is 0.200. The number of fused-ring (bicyclic) bond motifs is 1. The lowest BCUT2D eigenvalue weighted by atomic mass is 10.1. The summed E-state index contributed by atoms with van der Waals surface area (Å²) in [7, 11) is 0. The Hall–Kier alpha value is -3.16. The molecule has 1 N–H and O–H groups in total. The summed E-state index contributed by atoms with van der Waals surface area (Å²) < 4.78 is 4.95. The van der Waals surface area contributed by atoms with Crippen LogP contribution in [0.5, 0.6) is 5.75 Å². The Morgan fingerprint density at radius 3 is 2.57 bits per heavy atom. The first-order valence-electron chi connectivity index (χ1n) is 6.76. The second-order valence-electron chi connectivity index (χ2n) is 4.99. The molecule has 1 aliphatic rings. The van der Waals surface area contributed by atoms with Gasteiger partial charge >= 0.3 is 11.6 Å². The van der Waals surface area contributed by atoms with E-state index in [0.29, 0.717) is 16.0 Å². The van der Waals surface area contributed by atoms with Crippen molar-refractivity contribution in [1.82, 2.24) is 5.06 Å². The van der Waals surface area contributed by atoms with Crippen LogP contribution in [0.4, 0.5) is 0 Å². The molecule has 23 heavy (non-hydrogen) atoms. The van der Waals surface area contributed by atoms with Gasteiger partial charge in [-0.1, -0.05) is 0 Å². The van der Waals surface area contributed by atoms with Crippen molar-refractivity contribution >= 4 is 28.8 Å². The van der Waals surface area contributed by atoms with Gasteiger partial charge in [0.25, 0.3) is 11.8 Å². The number of imide groups is 1. The van der Waals surface area contributed by atoms with E-state index in [-0.39, 0.29) is 30.6 Å². The van der Waals surface area contributed by atoms with Crippen LogP contribution in [0.2, 0.25) is 0 Å². The van der Waals surface area contributed by atoms with Gasteiger partial charge in [-0.15, -0.1) is 5.06 Å². The molecule has 0 bridgehead atoms. The van der Waals surface area contributed by atoms with Gasteiger partial charge in [0.05, 0.1) is 6.42 Å². The second-order valence-corrected chi connectivity index (χ2v) is 4.99. The van der Waals surface area contributed by atoms with E-state index in [0.717, 1.165) is 6.07 Å². The van der Waals surface area contributed by atoms with Crippen LogP contribution in [0.25, 0.3) is 11.0 Å². The Kier molecular flexibility index (Phi) is 3.57. The molecule has 1 aromatic heterocycles. The topological polar surface area (TPSA) is 114 Å².